The van der Waals surface area contributed by atoms with Crippen LogP contribution in [0.15, 0.2) is 64.8 Å². The lowest BCUT2D eigenvalue weighted by Crippen LogP contribution is -2.46. The van der Waals surface area contributed by atoms with Gasteiger partial charge in [0.25, 0.3) is 5.56 Å². The van der Waals surface area contributed by atoms with Crippen molar-refractivity contribution in [2.75, 3.05) is 50.8 Å². The Kier molecular flexibility index (Phi) is 9.73. The number of rotatable bonds is 12. The van der Waals surface area contributed by atoms with Crippen molar-refractivity contribution < 1.29 is 9.53 Å². The standard InChI is InChI=1S/C32H40N4O3S/c1-2-3-4-5-16-33-32(38)36-29-24-26(13-11-25(29)12-14-31(36)37)39-22-7-6-17-34-18-20-35(21-19-34)28-9-8-10-30-27(28)15-23-40-30/h8-15,23-24H,2-7,16-22H2,1H3,(H,33,38). The largest absolute Gasteiger partial charge is 0.494 e. The predicted octanol–water partition coefficient (Wildman–Crippen LogP) is 6.34. The molecule has 5 rings (SSSR count). The zero-order valence-electron chi connectivity index (χ0n) is 23.4. The molecule has 212 valence electrons. The summed E-state index contributed by atoms with van der Waals surface area (Å²) in [6.45, 7) is 8.64. The van der Waals surface area contributed by atoms with Gasteiger partial charge in [-0.1, -0.05) is 32.3 Å². The lowest BCUT2D eigenvalue weighted by molar-refractivity contribution is 0.238. The van der Waals surface area contributed by atoms with Gasteiger partial charge in [-0.25, -0.2) is 9.36 Å². The first-order chi connectivity index (χ1) is 19.6. The smallest absolute Gasteiger partial charge is 0.329 e. The molecule has 4 aromatic rings. The van der Waals surface area contributed by atoms with Crippen LogP contribution in [-0.2, 0) is 0 Å². The van der Waals surface area contributed by atoms with Crippen LogP contribution in [0.4, 0.5) is 10.5 Å². The SMILES string of the molecule is CCCCCCNC(=O)n1c(=O)ccc2ccc(OCCCCN3CCN(c4cccc5sccc45)CC3)cc21. The van der Waals surface area contributed by atoms with Gasteiger partial charge in [0.2, 0.25) is 0 Å². The number of fused-ring (bicyclic) bond motifs is 2. The highest BCUT2D eigenvalue weighted by atomic mass is 32.1. The van der Waals surface area contributed by atoms with E-state index in [0.29, 0.717) is 24.4 Å². The van der Waals surface area contributed by atoms with Crippen molar-refractivity contribution in [3.63, 3.8) is 0 Å². The summed E-state index contributed by atoms with van der Waals surface area (Å²) in [6, 6.07) is 17.3. The molecule has 0 bridgehead atoms. The van der Waals surface area contributed by atoms with Gasteiger partial charge >= 0.3 is 6.03 Å². The number of piperazine rings is 1. The van der Waals surface area contributed by atoms with E-state index in [2.05, 4.69) is 51.7 Å². The second kappa shape index (κ2) is 13.8. The Morgan fingerprint density at radius 2 is 1.80 bits per heavy atom. The monoisotopic (exact) mass is 560 g/mol. The Hall–Kier alpha value is -3.36. The molecule has 1 fully saturated rings. The quantitative estimate of drug-likeness (QED) is 0.205. The second-order valence-corrected chi connectivity index (χ2v) is 11.5. The molecule has 0 aliphatic carbocycles. The molecule has 1 aliphatic heterocycles. The van der Waals surface area contributed by atoms with Gasteiger partial charge in [-0.15, -0.1) is 11.3 Å². The molecule has 40 heavy (non-hydrogen) atoms. The summed E-state index contributed by atoms with van der Waals surface area (Å²) >= 11 is 1.81. The van der Waals surface area contributed by atoms with Crippen LogP contribution in [0, 0.1) is 0 Å². The van der Waals surface area contributed by atoms with Crippen molar-refractivity contribution in [1.82, 2.24) is 14.8 Å². The van der Waals surface area contributed by atoms with E-state index in [1.807, 2.05) is 12.1 Å². The average molecular weight is 561 g/mol. The molecule has 0 spiro atoms. The number of amides is 1. The zero-order chi connectivity index (χ0) is 27.7. The molecule has 0 radical (unpaired) electrons. The maximum absolute atomic E-state index is 12.8. The number of carbonyl (C=O) groups is 1. The Balaban J connectivity index is 1.08. The number of benzene rings is 2. The number of ether oxygens (including phenoxy) is 1. The molecular formula is C32H40N4O3S. The van der Waals surface area contributed by atoms with E-state index in [1.165, 1.54) is 26.4 Å². The van der Waals surface area contributed by atoms with Crippen molar-refractivity contribution in [1.29, 1.82) is 0 Å². The number of anilines is 1. The third kappa shape index (κ3) is 6.85. The minimum absolute atomic E-state index is 0.331. The van der Waals surface area contributed by atoms with Gasteiger partial charge < -0.3 is 15.0 Å². The van der Waals surface area contributed by atoms with Crippen molar-refractivity contribution in [3.05, 3.63) is 70.3 Å². The molecule has 1 aliphatic rings. The minimum Gasteiger partial charge on any atom is -0.494 e. The van der Waals surface area contributed by atoms with Gasteiger partial charge in [-0.05, 0) is 73.0 Å². The van der Waals surface area contributed by atoms with Crippen LogP contribution in [0.2, 0.25) is 0 Å². The van der Waals surface area contributed by atoms with E-state index >= 15 is 0 Å². The highest BCUT2D eigenvalue weighted by Crippen LogP contribution is 2.31. The molecule has 2 aromatic heterocycles. The van der Waals surface area contributed by atoms with Crippen molar-refractivity contribution in [2.45, 2.75) is 45.4 Å². The summed E-state index contributed by atoms with van der Waals surface area (Å²) < 4.78 is 8.62. The van der Waals surface area contributed by atoms with Crippen LogP contribution in [0.5, 0.6) is 5.75 Å². The third-order valence-corrected chi connectivity index (χ3v) is 8.58. The summed E-state index contributed by atoms with van der Waals surface area (Å²) in [7, 11) is 0. The first-order valence-corrected chi connectivity index (χ1v) is 15.5. The fraction of sp³-hybridized carbons (Fsp3) is 0.438. The van der Waals surface area contributed by atoms with Crippen molar-refractivity contribution in [3.8, 4) is 5.75 Å². The summed E-state index contributed by atoms with van der Waals surface area (Å²) in [5.74, 6) is 0.679. The van der Waals surface area contributed by atoms with E-state index in [1.54, 1.807) is 23.5 Å². The van der Waals surface area contributed by atoms with Crippen molar-refractivity contribution in [2.24, 2.45) is 0 Å². The van der Waals surface area contributed by atoms with E-state index < -0.39 is 0 Å². The third-order valence-electron chi connectivity index (χ3n) is 7.70. The second-order valence-electron chi connectivity index (χ2n) is 10.5. The summed E-state index contributed by atoms with van der Waals surface area (Å²) in [4.78, 5) is 30.5. The molecule has 7 nitrogen and oxygen atoms in total. The molecule has 1 N–H and O–H groups in total. The molecule has 1 amide bonds. The van der Waals surface area contributed by atoms with Gasteiger partial charge in [0.1, 0.15) is 5.75 Å². The Morgan fingerprint density at radius 3 is 2.65 bits per heavy atom. The number of hydrogen-bond acceptors (Lipinski definition) is 6. The van der Waals surface area contributed by atoms with Crippen LogP contribution >= 0.6 is 11.3 Å². The Bertz CT molecular complexity index is 1470. The predicted molar refractivity (Wildman–Crippen MR) is 166 cm³/mol. The number of unbranched alkanes of at least 4 members (excludes halogenated alkanes) is 4. The minimum atomic E-state index is -0.378. The van der Waals surface area contributed by atoms with E-state index in [9.17, 15) is 9.59 Å². The average Bonchev–Trinajstić information content (AvgIpc) is 3.46. The number of hydrogen-bond donors (Lipinski definition) is 1. The number of nitrogens with one attached hydrogen (secondary N) is 1. The normalized spacial score (nSPS) is 14.2. The first kappa shape index (κ1) is 28.2. The maximum atomic E-state index is 12.8. The van der Waals surface area contributed by atoms with Crippen LogP contribution in [0.25, 0.3) is 21.0 Å². The van der Waals surface area contributed by atoms with Gasteiger partial charge in [0.05, 0.1) is 12.1 Å². The van der Waals surface area contributed by atoms with Crippen LogP contribution in [0.3, 0.4) is 0 Å². The van der Waals surface area contributed by atoms with Gasteiger partial charge in [-0.3, -0.25) is 9.69 Å². The summed E-state index contributed by atoms with van der Waals surface area (Å²) in [5.41, 5.74) is 1.60. The number of carbonyl (C=O) groups excluding carboxylic acids is 1. The van der Waals surface area contributed by atoms with Gasteiger partial charge in [-0.2, -0.15) is 0 Å². The molecule has 8 heteroatoms. The number of nitrogens with zero attached hydrogens (tertiary/aromatic N) is 3. The molecular weight excluding hydrogens is 520 g/mol. The molecule has 1 saturated heterocycles. The Morgan fingerprint density at radius 1 is 0.950 bits per heavy atom. The molecule has 0 unspecified atom stereocenters. The fourth-order valence-electron chi connectivity index (χ4n) is 5.43. The van der Waals surface area contributed by atoms with Gasteiger partial charge in [0.15, 0.2) is 0 Å². The zero-order valence-corrected chi connectivity index (χ0v) is 24.3. The highest BCUT2D eigenvalue weighted by Gasteiger charge is 2.18. The summed E-state index contributed by atoms with van der Waals surface area (Å²) in [6.07, 6.45) is 6.29. The van der Waals surface area contributed by atoms with E-state index in [-0.39, 0.29) is 11.6 Å². The lowest BCUT2D eigenvalue weighted by atomic mass is 10.2. The molecule has 0 atom stereocenters. The number of thiophene rings is 1. The summed E-state index contributed by atoms with van der Waals surface area (Å²) in [5, 5.41) is 7.28. The van der Waals surface area contributed by atoms with E-state index in [0.717, 1.165) is 76.6 Å². The topological polar surface area (TPSA) is 66.8 Å². The van der Waals surface area contributed by atoms with Crippen LogP contribution in [-0.4, -0.2) is 61.4 Å². The maximum Gasteiger partial charge on any atom is 0.329 e. The van der Waals surface area contributed by atoms with Crippen LogP contribution < -0.4 is 20.5 Å². The number of pyridine rings is 1. The molecule has 2 aromatic carbocycles. The highest BCUT2D eigenvalue weighted by molar-refractivity contribution is 7.17. The van der Waals surface area contributed by atoms with Crippen molar-refractivity contribution >= 4 is 44.0 Å². The molecule has 3 heterocycles. The van der Waals surface area contributed by atoms with E-state index in [4.69, 9.17) is 4.74 Å². The lowest BCUT2D eigenvalue weighted by Gasteiger charge is -2.36. The van der Waals surface area contributed by atoms with Gasteiger partial charge in [0, 0.05) is 60.6 Å². The van der Waals surface area contributed by atoms with Crippen LogP contribution in [0.1, 0.15) is 45.4 Å². The fourth-order valence-corrected chi connectivity index (χ4v) is 6.24. The molecule has 0 saturated carbocycles. The first-order valence-electron chi connectivity index (χ1n) is 14.6. The Labute approximate surface area is 240 Å². The number of aromatic nitrogens is 1.